The lowest BCUT2D eigenvalue weighted by Crippen LogP contribution is -2.04. The highest BCUT2D eigenvalue weighted by Gasteiger charge is 2.13. The van der Waals surface area contributed by atoms with Crippen LogP contribution in [0.4, 0.5) is 0 Å². The Morgan fingerprint density at radius 3 is 2.60 bits per heavy atom. The zero-order chi connectivity index (χ0) is 14.5. The molecular formula is C17H12BrNO. The molecule has 0 radical (unpaired) electrons. The molecule has 0 saturated carbocycles. The minimum absolute atomic E-state index is 0.136. The van der Waals surface area contributed by atoms with Crippen LogP contribution >= 0.6 is 15.9 Å². The number of halogens is 1. The van der Waals surface area contributed by atoms with Crippen LogP contribution in [0.1, 0.15) is 21.5 Å². The number of hydrogen-bond acceptors (Lipinski definition) is 2. The van der Waals surface area contributed by atoms with Crippen molar-refractivity contribution < 1.29 is 4.79 Å². The third-order valence-electron chi connectivity index (χ3n) is 2.91. The first-order chi connectivity index (χ1) is 9.61. The van der Waals surface area contributed by atoms with Crippen molar-refractivity contribution >= 4 is 27.8 Å². The molecule has 0 saturated heterocycles. The number of rotatable bonds is 3. The number of hydrogen-bond donors (Lipinski definition) is 0. The maximum absolute atomic E-state index is 12.4. The molecule has 0 amide bonds. The molecule has 0 unspecified atom stereocenters. The Balaban J connectivity index is 2.41. The summed E-state index contributed by atoms with van der Waals surface area (Å²) in [6.07, 6.45) is 1.61. The van der Waals surface area contributed by atoms with Gasteiger partial charge >= 0.3 is 0 Å². The van der Waals surface area contributed by atoms with E-state index in [4.69, 9.17) is 0 Å². The van der Waals surface area contributed by atoms with Gasteiger partial charge in [0, 0.05) is 10.0 Å². The van der Waals surface area contributed by atoms with E-state index in [1.165, 1.54) is 0 Å². The van der Waals surface area contributed by atoms with Gasteiger partial charge in [0.25, 0.3) is 0 Å². The first-order valence-electron chi connectivity index (χ1n) is 6.09. The topological polar surface area (TPSA) is 40.9 Å². The van der Waals surface area contributed by atoms with E-state index in [0.717, 1.165) is 15.6 Å². The highest BCUT2D eigenvalue weighted by Crippen LogP contribution is 2.18. The lowest BCUT2D eigenvalue weighted by Gasteiger charge is -2.03. The Morgan fingerprint density at radius 2 is 1.95 bits per heavy atom. The van der Waals surface area contributed by atoms with E-state index >= 15 is 0 Å². The van der Waals surface area contributed by atoms with Crippen molar-refractivity contribution in [3.8, 4) is 6.07 Å². The highest BCUT2D eigenvalue weighted by atomic mass is 79.9. The third kappa shape index (κ3) is 3.23. The fraction of sp³-hybridized carbons (Fsp3) is 0.0588. The van der Waals surface area contributed by atoms with E-state index in [0.29, 0.717) is 5.56 Å². The van der Waals surface area contributed by atoms with Crippen molar-refractivity contribution in [1.82, 2.24) is 0 Å². The SMILES string of the molecule is Cc1ccccc1C(=O)/C(C#N)=C/c1cccc(Br)c1. The number of ketones is 1. The first kappa shape index (κ1) is 14.2. The Kier molecular flexibility index (Phi) is 4.49. The summed E-state index contributed by atoms with van der Waals surface area (Å²) in [6.45, 7) is 1.86. The van der Waals surface area contributed by atoms with E-state index in [2.05, 4.69) is 15.9 Å². The largest absolute Gasteiger partial charge is 0.288 e. The average molecular weight is 326 g/mol. The van der Waals surface area contributed by atoms with Gasteiger partial charge in [0.2, 0.25) is 5.78 Å². The second-order valence-corrected chi connectivity index (χ2v) is 5.28. The molecular weight excluding hydrogens is 314 g/mol. The Morgan fingerprint density at radius 1 is 1.20 bits per heavy atom. The van der Waals surface area contributed by atoms with E-state index in [1.54, 1.807) is 18.2 Å². The zero-order valence-electron chi connectivity index (χ0n) is 10.9. The Labute approximate surface area is 126 Å². The van der Waals surface area contributed by atoms with Crippen LogP contribution < -0.4 is 0 Å². The van der Waals surface area contributed by atoms with Crippen LogP contribution in [0.5, 0.6) is 0 Å². The van der Waals surface area contributed by atoms with Gasteiger partial charge in [-0.2, -0.15) is 5.26 Å². The van der Waals surface area contributed by atoms with Crippen molar-refractivity contribution in [2.24, 2.45) is 0 Å². The van der Waals surface area contributed by atoms with Gasteiger partial charge in [0.1, 0.15) is 11.6 Å². The Hall–Kier alpha value is -2.18. The zero-order valence-corrected chi connectivity index (χ0v) is 12.5. The number of nitrogens with zero attached hydrogens (tertiary/aromatic N) is 1. The molecule has 2 rings (SSSR count). The molecule has 3 heteroatoms. The molecule has 0 bridgehead atoms. The molecule has 0 atom stereocenters. The Bertz CT molecular complexity index is 726. The summed E-state index contributed by atoms with van der Waals surface area (Å²) >= 11 is 3.37. The summed E-state index contributed by atoms with van der Waals surface area (Å²) in [4.78, 5) is 12.4. The van der Waals surface area contributed by atoms with Crippen LogP contribution in [0.3, 0.4) is 0 Å². The van der Waals surface area contributed by atoms with Crippen molar-refractivity contribution in [2.75, 3.05) is 0 Å². The fourth-order valence-electron chi connectivity index (χ4n) is 1.88. The van der Waals surface area contributed by atoms with Crippen LogP contribution in [-0.2, 0) is 0 Å². The predicted molar refractivity (Wildman–Crippen MR) is 83.2 cm³/mol. The molecule has 98 valence electrons. The molecule has 0 aliphatic heterocycles. The molecule has 2 aromatic rings. The first-order valence-corrected chi connectivity index (χ1v) is 6.89. The number of carbonyl (C=O) groups is 1. The van der Waals surface area contributed by atoms with Gasteiger partial charge in [-0.3, -0.25) is 4.79 Å². The fourth-order valence-corrected chi connectivity index (χ4v) is 2.30. The number of nitriles is 1. The van der Waals surface area contributed by atoms with Gasteiger partial charge in [-0.25, -0.2) is 0 Å². The van der Waals surface area contributed by atoms with Gasteiger partial charge in [-0.15, -0.1) is 0 Å². The van der Waals surface area contributed by atoms with Crippen LogP contribution in [0.15, 0.2) is 58.6 Å². The number of benzene rings is 2. The van der Waals surface area contributed by atoms with Gasteiger partial charge in [0.15, 0.2) is 0 Å². The normalized spacial score (nSPS) is 10.9. The van der Waals surface area contributed by atoms with E-state index < -0.39 is 0 Å². The minimum atomic E-state index is -0.245. The molecule has 20 heavy (non-hydrogen) atoms. The van der Waals surface area contributed by atoms with Gasteiger partial charge in [-0.05, 0) is 36.3 Å². The molecule has 0 aromatic heterocycles. The van der Waals surface area contributed by atoms with Crippen LogP contribution in [0.25, 0.3) is 6.08 Å². The summed E-state index contributed by atoms with van der Waals surface area (Å²) in [7, 11) is 0. The lowest BCUT2D eigenvalue weighted by atomic mass is 9.98. The maximum atomic E-state index is 12.4. The van der Waals surface area contributed by atoms with E-state index in [9.17, 15) is 10.1 Å². The third-order valence-corrected chi connectivity index (χ3v) is 3.41. The molecule has 2 nitrogen and oxygen atoms in total. The van der Waals surface area contributed by atoms with Gasteiger partial charge < -0.3 is 0 Å². The van der Waals surface area contributed by atoms with E-state index in [-0.39, 0.29) is 11.4 Å². The average Bonchev–Trinajstić information content (AvgIpc) is 2.44. The summed E-state index contributed by atoms with van der Waals surface area (Å²) in [5.41, 5.74) is 2.39. The second kappa shape index (κ2) is 6.31. The van der Waals surface area contributed by atoms with Gasteiger partial charge in [-0.1, -0.05) is 52.3 Å². The summed E-state index contributed by atoms with van der Waals surface area (Å²) in [6, 6.07) is 16.7. The lowest BCUT2D eigenvalue weighted by molar-refractivity contribution is 0.103. The van der Waals surface area contributed by atoms with Crippen molar-refractivity contribution in [3.63, 3.8) is 0 Å². The quantitative estimate of drug-likeness (QED) is 0.472. The van der Waals surface area contributed by atoms with Crippen LogP contribution in [0, 0.1) is 18.3 Å². The summed E-state index contributed by atoms with van der Waals surface area (Å²) in [5, 5.41) is 9.23. The van der Waals surface area contributed by atoms with Gasteiger partial charge in [0.05, 0.1) is 0 Å². The number of Topliss-reactive ketones (excluding diaryl/α,β-unsaturated/α-hetero) is 1. The number of aryl methyl sites for hydroxylation is 1. The molecule has 0 spiro atoms. The molecule has 0 aliphatic rings. The van der Waals surface area contributed by atoms with Crippen LogP contribution in [0.2, 0.25) is 0 Å². The summed E-state index contributed by atoms with van der Waals surface area (Å²) in [5.74, 6) is -0.245. The predicted octanol–water partition coefficient (Wildman–Crippen LogP) is 4.55. The molecule has 0 N–H and O–H groups in total. The second-order valence-electron chi connectivity index (χ2n) is 4.37. The maximum Gasteiger partial charge on any atom is 0.203 e. The van der Waals surface area contributed by atoms with Crippen molar-refractivity contribution in [2.45, 2.75) is 6.92 Å². The smallest absolute Gasteiger partial charge is 0.203 e. The molecule has 0 fully saturated rings. The molecule has 2 aromatic carbocycles. The highest BCUT2D eigenvalue weighted by molar-refractivity contribution is 9.10. The van der Waals surface area contributed by atoms with Crippen molar-refractivity contribution in [1.29, 1.82) is 5.26 Å². The van der Waals surface area contributed by atoms with Crippen LogP contribution in [-0.4, -0.2) is 5.78 Å². The monoisotopic (exact) mass is 325 g/mol. The standard InChI is InChI=1S/C17H12BrNO/c1-12-5-2-3-8-16(12)17(20)14(11-19)9-13-6-4-7-15(18)10-13/h2-10H,1H3/b14-9+. The number of carbonyl (C=O) groups excluding carboxylic acids is 1. The number of allylic oxidation sites excluding steroid dienone is 1. The van der Waals surface area contributed by atoms with E-state index in [1.807, 2.05) is 49.4 Å². The van der Waals surface area contributed by atoms with Crippen molar-refractivity contribution in [3.05, 3.63) is 75.3 Å². The summed E-state index contributed by atoms with van der Waals surface area (Å²) < 4.78 is 0.909. The molecule has 0 heterocycles. The minimum Gasteiger partial charge on any atom is -0.288 e. The molecule has 0 aliphatic carbocycles.